The molecule has 0 saturated carbocycles. The normalized spacial score (nSPS) is 12.6. The van der Waals surface area contributed by atoms with Crippen LogP contribution in [0.1, 0.15) is 30.5 Å². The molecule has 1 unspecified atom stereocenters. The van der Waals surface area contributed by atoms with Gasteiger partial charge in [0.25, 0.3) is 0 Å². The predicted octanol–water partition coefficient (Wildman–Crippen LogP) is 1.84. The molecule has 1 rings (SSSR count). The number of aromatic nitrogens is 1. The molecule has 1 heterocycles. The smallest absolute Gasteiger partial charge is 0.128 e. The fraction of sp³-hybridized carbons (Fsp3) is 0.500. The summed E-state index contributed by atoms with van der Waals surface area (Å²) < 4.78 is 0. The molecule has 3 nitrogen and oxygen atoms in total. The molecule has 0 bridgehead atoms. The molecule has 0 aromatic carbocycles. The highest BCUT2D eigenvalue weighted by Crippen LogP contribution is 2.17. The third-order valence-corrected chi connectivity index (χ3v) is 2.20. The molecule has 1 aromatic rings. The quantitative estimate of drug-likeness (QED) is 0.744. The first kappa shape index (κ1) is 9.99. The molecule has 0 aliphatic rings. The first-order valence-corrected chi connectivity index (χ1v) is 4.59. The summed E-state index contributed by atoms with van der Waals surface area (Å²) in [5, 5.41) is 3.03. The first-order chi connectivity index (χ1) is 6.19. The molecule has 0 aliphatic carbocycles. The number of pyridine rings is 1. The SMILES string of the molecule is CCC(N)c1cnc(NC)c(C)c1. The average molecular weight is 179 g/mol. The minimum Gasteiger partial charge on any atom is -0.373 e. The van der Waals surface area contributed by atoms with Crippen molar-refractivity contribution in [3.63, 3.8) is 0 Å². The van der Waals surface area contributed by atoms with Crippen LogP contribution in [0.4, 0.5) is 5.82 Å². The number of nitrogens with one attached hydrogen (secondary N) is 1. The van der Waals surface area contributed by atoms with Gasteiger partial charge < -0.3 is 11.1 Å². The van der Waals surface area contributed by atoms with Gasteiger partial charge in [-0.1, -0.05) is 6.92 Å². The fourth-order valence-electron chi connectivity index (χ4n) is 1.30. The summed E-state index contributed by atoms with van der Waals surface area (Å²) in [7, 11) is 1.87. The van der Waals surface area contributed by atoms with Crippen molar-refractivity contribution in [3.8, 4) is 0 Å². The Hall–Kier alpha value is -1.09. The van der Waals surface area contributed by atoms with Crippen LogP contribution in [0.15, 0.2) is 12.3 Å². The van der Waals surface area contributed by atoms with E-state index in [9.17, 15) is 0 Å². The Kier molecular flexibility index (Phi) is 3.25. The van der Waals surface area contributed by atoms with E-state index in [1.54, 1.807) is 0 Å². The van der Waals surface area contributed by atoms with Crippen LogP contribution in [-0.2, 0) is 0 Å². The van der Waals surface area contributed by atoms with Crippen LogP contribution in [0.5, 0.6) is 0 Å². The zero-order valence-corrected chi connectivity index (χ0v) is 8.46. The summed E-state index contributed by atoms with van der Waals surface area (Å²) in [5.41, 5.74) is 8.15. The zero-order valence-electron chi connectivity index (χ0n) is 8.46. The second-order valence-corrected chi connectivity index (χ2v) is 3.20. The lowest BCUT2D eigenvalue weighted by Gasteiger charge is -2.11. The Morgan fingerprint density at radius 1 is 1.62 bits per heavy atom. The lowest BCUT2D eigenvalue weighted by atomic mass is 10.1. The maximum absolute atomic E-state index is 5.89. The molecule has 1 aromatic heterocycles. The Balaban J connectivity index is 2.95. The summed E-state index contributed by atoms with van der Waals surface area (Å²) in [6.45, 7) is 4.11. The van der Waals surface area contributed by atoms with Crippen LogP contribution in [-0.4, -0.2) is 12.0 Å². The first-order valence-electron chi connectivity index (χ1n) is 4.59. The average Bonchev–Trinajstić information content (AvgIpc) is 2.16. The maximum Gasteiger partial charge on any atom is 0.128 e. The maximum atomic E-state index is 5.89. The fourth-order valence-corrected chi connectivity index (χ4v) is 1.30. The Morgan fingerprint density at radius 3 is 2.77 bits per heavy atom. The van der Waals surface area contributed by atoms with Crippen LogP contribution in [0.2, 0.25) is 0 Å². The van der Waals surface area contributed by atoms with E-state index >= 15 is 0 Å². The number of nitrogens with two attached hydrogens (primary N) is 1. The Morgan fingerprint density at radius 2 is 2.31 bits per heavy atom. The van der Waals surface area contributed by atoms with Gasteiger partial charge in [-0.15, -0.1) is 0 Å². The predicted molar refractivity (Wildman–Crippen MR) is 55.7 cm³/mol. The van der Waals surface area contributed by atoms with Gasteiger partial charge >= 0.3 is 0 Å². The van der Waals surface area contributed by atoms with Gasteiger partial charge in [-0.3, -0.25) is 0 Å². The number of rotatable bonds is 3. The monoisotopic (exact) mass is 179 g/mol. The molecule has 13 heavy (non-hydrogen) atoms. The van der Waals surface area contributed by atoms with E-state index in [0.29, 0.717) is 0 Å². The third kappa shape index (κ3) is 2.18. The molecule has 1 atom stereocenters. The Bertz CT molecular complexity index is 283. The second-order valence-electron chi connectivity index (χ2n) is 3.20. The van der Waals surface area contributed by atoms with Gasteiger partial charge in [0.05, 0.1) is 0 Å². The lowest BCUT2D eigenvalue weighted by Crippen LogP contribution is -2.10. The van der Waals surface area contributed by atoms with Crippen molar-refractivity contribution >= 4 is 5.82 Å². The van der Waals surface area contributed by atoms with Crippen molar-refractivity contribution in [3.05, 3.63) is 23.4 Å². The van der Waals surface area contributed by atoms with Gasteiger partial charge in [0.2, 0.25) is 0 Å². The van der Waals surface area contributed by atoms with Crippen LogP contribution in [0, 0.1) is 6.92 Å². The highest BCUT2D eigenvalue weighted by molar-refractivity contribution is 5.44. The number of aryl methyl sites for hydroxylation is 1. The molecular weight excluding hydrogens is 162 g/mol. The molecule has 0 fully saturated rings. The zero-order chi connectivity index (χ0) is 9.84. The van der Waals surface area contributed by atoms with Gasteiger partial charge in [0.15, 0.2) is 0 Å². The largest absolute Gasteiger partial charge is 0.373 e. The third-order valence-electron chi connectivity index (χ3n) is 2.20. The van der Waals surface area contributed by atoms with E-state index in [0.717, 1.165) is 23.4 Å². The summed E-state index contributed by atoms with van der Waals surface area (Å²) >= 11 is 0. The molecule has 0 spiro atoms. The van der Waals surface area contributed by atoms with E-state index in [2.05, 4.69) is 23.3 Å². The summed E-state index contributed by atoms with van der Waals surface area (Å²) in [6.07, 6.45) is 2.78. The van der Waals surface area contributed by atoms with E-state index in [-0.39, 0.29) is 6.04 Å². The van der Waals surface area contributed by atoms with Crippen LogP contribution < -0.4 is 11.1 Å². The molecule has 72 valence electrons. The molecule has 0 saturated heterocycles. The van der Waals surface area contributed by atoms with E-state index < -0.39 is 0 Å². The van der Waals surface area contributed by atoms with Crippen molar-refractivity contribution < 1.29 is 0 Å². The summed E-state index contributed by atoms with van der Waals surface area (Å²) in [6, 6.07) is 2.20. The highest BCUT2D eigenvalue weighted by atomic mass is 15.0. The van der Waals surface area contributed by atoms with Crippen LogP contribution in [0.25, 0.3) is 0 Å². The summed E-state index contributed by atoms with van der Waals surface area (Å²) in [4.78, 5) is 4.27. The lowest BCUT2D eigenvalue weighted by molar-refractivity contribution is 0.694. The molecular formula is C10H17N3. The van der Waals surface area contributed by atoms with Crippen LogP contribution in [0.3, 0.4) is 0 Å². The van der Waals surface area contributed by atoms with E-state index in [1.807, 2.05) is 20.2 Å². The minimum absolute atomic E-state index is 0.108. The topological polar surface area (TPSA) is 50.9 Å². The van der Waals surface area contributed by atoms with Crippen molar-refractivity contribution in [2.24, 2.45) is 5.73 Å². The van der Waals surface area contributed by atoms with E-state index in [1.165, 1.54) is 0 Å². The molecule has 0 amide bonds. The van der Waals surface area contributed by atoms with Gasteiger partial charge in [0.1, 0.15) is 5.82 Å². The Labute approximate surface area is 79.4 Å². The standard InChI is InChI=1S/C10H17N3/c1-4-9(11)8-5-7(2)10(12-3)13-6-8/h5-6,9H,4,11H2,1-3H3,(H,12,13). The molecule has 3 heteroatoms. The second kappa shape index (κ2) is 4.23. The van der Waals surface area contributed by atoms with Crippen LogP contribution >= 0.6 is 0 Å². The van der Waals surface area contributed by atoms with Gasteiger partial charge in [0, 0.05) is 19.3 Å². The molecule has 0 radical (unpaired) electrons. The van der Waals surface area contributed by atoms with Crippen molar-refractivity contribution in [2.75, 3.05) is 12.4 Å². The minimum atomic E-state index is 0.108. The molecule has 3 N–H and O–H groups in total. The van der Waals surface area contributed by atoms with Gasteiger partial charge in [-0.05, 0) is 30.5 Å². The van der Waals surface area contributed by atoms with E-state index in [4.69, 9.17) is 5.73 Å². The van der Waals surface area contributed by atoms with Crippen molar-refractivity contribution in [1.29, 1.82) is 0 Å². The van der Waals surface area contributed by atoms with Gasteiger partial charge in [-0.2, -0.15) is 0 Å². The summed E-state index contributed by atoms with van der Waals surface area (Å²) in [5.74, 6) is 0.923. The van der Waals surface area contributed by atoms with Crippen molar-refractivity contribution in [1.82, 2.24) is 4.98 Å². The number of anilines is 1. The van der Waals surface area contributed by atoms with Crippen molar-refractivity contribution in [2.45, 2.75) is 26.3 Å². The number of hydrogen-bond acceptors (Lipinski definition) is 3. The molecule has 0 aliphatic heterocycles. The van der Waals surface area contributed by atoms with Gasteiger partial charge in [-0.25, -0.2) is 4.98 Å². The number of hydrogen-bond donors (Lipinski definition) is 2. The highest BCUT2D eigenvalue weighted by Gasteiger charge is 2.05. The number of nitrogens with zero attached hydrogens (tertiary/aromatic N) is 1.